The molecule has 0 aliphatic rings. The van der Waals surface area contributed by atoms with Gasteiger partial charge in [-0.15, -0.1) is 0 Å². The molecular formula is C12H44N2O6Ti+2. The van der Waals surface area contributed by atoms with E-state index in [-0.39, 0.29) is 73.7 Å². The molecule has 0 saturated heterocycles. The molecule has 0 heterocycles. The van der Waals surface area contributed by atoms with Gasteiger partial charge >= 0.3 is 0 Å². The fourth-order valence-electron chi connectivity index (χ4n) is 0. The van der Waals surface area contributed by atoms with Crippen molar-refractivity contribution in [1.82, 2.24) is 12.3 Å². The Labute approximate surface area is 146 Å². The molecule has 0 aromatic heterocycles. The molecule has 0 saturated carbocycles. The molecule has 8 nitrogen and oxygen atoms in total. The Kier molecular flexibility index (Phi) is 518. The van der Waals surface area contributed by atoms with E-state index in [2.05, 4.69) is 0 Å². The van der Waals surface area contributed by atoms with Crippen LogP contribution in [0.2, 0.25) is 0 Å². The van der Waals surface area contributed by atoms with Crippen LogP contribution in [0.5, 0.6) is 0 Å². The standard InChI is InChI=1S/6C2H6O.2H3N.Ti/c6*1-2-3;;;/h6*3H,2H2,1H3;2*1H3;/p+2. The van der Waals surface area contributed by atoms with Crippen LogP contribution < -0.4 is 12.3 Å². The number of aliphatic hydroxyl groups excluding tert-OH is 6. The maximum absolute atomic E-state index is 7.57. The van der Waals surface area contributed by atoms with Gasteiger partial charge in [-0.3, -0.25) is 0 Å². The minimum absolute atomic E-state index is 0. The smallest absolute Gasteiger partial charge is 0.0402 e. The van der Waals surface area contributed by atoms with Crippen LogP contribution in [0.1, 0.15) is 41.5 Å². The second kappa shape index (κ2) is 188. The molecule has 0 unspecified atom stereocenters. The first kappa shape index (κ1) is 57.9. The van der Waals surface area contributed by atoms with Gasteiger partial charge in [0.05, 0.1) is 0 Å². The first-order chi connectivity index (χ1) is 8.49. The van der Waals surface area contributed by atoms with Crippen LogP contribution in [0.25, 0.3) is 0 Å². The average Bonchev–Trinajstić information content (AvgIpc) is 2.23. The van der Waals surface area contributed by atoms with Gasteiger partial charge in [0.25, 0.3) is 0 Å². The van der Waals surface area contributed by atoms with E-state index in [1.54, 1.807) is 41.5 Å². The summed E-state index contributed by atoms with van der Waals surface area (Å²) in [4.78, 5) is 0. The van der Waals surface area contributed by atoms with Gasteiger partial charge in [-0.1, -0.05) is 0 Å². The Morgan fingerprint density at radius 2 is 0.381 bits per heavy atom. The second-order valence-corrected chi connectivity index (χ2v) is 1.90. The Morgan fingerprint density at radius 3 is 0.381 bits per heavy atom. The van der Waals surface area contributed by atoms with Crippen molar-refractivity contribution in [3.63, 3.8) is 0 Å². The first-order valence-corrected chi connectivity index (χ1v) is 6.14. The van der Waals surface area contributed by atoms with Gasteiger partial charge in [0, 0.05) is 61.4 Å². The molecule has 0 spiro atoms. The van der Waals surface area contributed by atoms with Crippen LogP contribution in [0.3, 0.4) is 0 Å². The van der Waals surface area contributed by atoms with Crippen molar-refractivity contribution in [2.45, 2.75) is 41.5 Å². The Hall–Kier alpha value is 0.394. The molecule has 0 radical (unpaired) electrons. The van der Waals surface area contributed by atoms with E-state index in [1.807, 2.05) is 0 Å². The summed E-state index contributed by atoms with van der Waals surface area (Å²) in [6.45, 7) is 11.6. The molecule has 9 heteroatoms. The van der Waals surface area contributed by atoms with Crippen molar-refractivity contribution >= 4 is 0 Å². The fraction of sp³-hybridized carbons (Fsp3) is 1.00. The van der Waals surface area contributed by atoms with E-state index >= 15 is 0 Å². The summed E-state index contributed by atoms with van der Waals surface area (Å²) in [5, 5.41) is 45.4. The molecule has 0 aliphatic heterocycles. The number of quaternary nitrogens is 2. The van der Waals surface area contributed by atoms with Gasteiger partial charge in [0.2, 0.25) is 0 Å². The molecule has 0 atom stereocenters. The van der Waals surface area contributed by atoms with Crippen LogP contribution >= 0.6 is 0 Å². The monoisotopic (exact) mass is 360 g/mol. The Bertz CT molecular complexity index is 47.2. The third-order valence-corrected chi connectivity index (χ3v) is 0. The Balaban J connectivity index is -0.0000000114. The predicted octanol–water partition coefficient (Wildman–Crippen LogP) is 0.742. The van der Waals surface area contributed by atoms with E-state index in [9.17, 15) is 0 Å². The molecule has 0 aromatic rings. The molecule has 0 aromatic carbocycles. The minimum Gasteiger partial charge on any atom is -0.397 e. The Morgan fingerprint density at radius 1 is 0.381 bits per heavy atom. The van der Waals surface area contributed by atoms with Gasteiger partial charge in [-0.2, -0.15) is 0 Å². The summed E-state index contributed by atoms with van der Waals surface area (Å²) in [5.74, 6) is 0. The second-order valence-electron chi connectivity index (χ2n) is 1.90. The fourth-order valence-corrected chi connectivity index (χ4v) is 0. The van der Waals surface area contributed by atoms with Crippen molar-refractivity contribution in [3.05, 3.63) is 0 Å². The number of hydrogen-bond acceptors (Lipinski definition) is 6. The zero-order chi connectivity index (χ0) is 16.2. The van der Waals surface area contributed by atoms with Crippen LogP contribution in [0.15, 0.2) is 0 Å². The molecule has 0 amide bonds. The molecule has 0 aliphatic carbocycles. The summed E-state index contributed by atoms with van der Waals surface area (Å²) >= 11 is 0. The summed E-state index contributed by atoms with van der Waals surface area (Å²) in [7, 11) is 0. The van der Waals surface area contributed by atoms with E-state index < -0.39 is 0 Å². The van der Waals surface area contributed by atoms with Crippen molar-refractivity contribution in [1.29, 1.82) is 0 Å². The maximum Gasteiger partial charge on any atom is 0.0402 e. The zero-order valence-corrected chi connectivity index (χ0v) is 17.0. The van der Waals surface area contributed by atoms with E-state index in [1.165, 1.54) is 0 Å². The molecule has 14 N–H and O–H groups in total. The number of aliphatic hydroxyl groups is 6. The van der Waals surface area contributed by atoms with Crippen molar-refractivity contribution in [2.75, 3.05) is 39.6 Å². The van der Waals surface area contributed by atoms with Gasteiger partial charge in [0.1, 0.15) is 0 Å². The normalized spacial score (nSPS) is 5.14. The van der Waals surface area contributed by atoms with Crippen molar-refractivity contribution < 1.29 is 52.4 Å². The third-order valence-electron chi connectivity index (χ3n) is 0. The maximum atomic E-state index is 7.57. The summed E-state index contributed by atoms with van der Waals surface area (Å²) in [5.41, 5.74) is 0. The molecule has 0 bridgehead atoms. The third kappa shape index (κ3) is 44400. The van der Waals surface area contributed by atoms with Crippen LogP contribution in [-0.4, -0.2) is 70.3 Å². The summed E-state index contributed by atoms with van der Waals surface area (Å²) < 4.78 is 0. The van der Waals surface area contributed by atoms with Crippen molar-refractivity contribution in [2.24, 2.45) is 0 Å². The van der Waals surface area contributed by atoms with Crippen LogP contribution in [-0.2, 0) is 21.7 Å². The molecule has 0 rings (SSSR count). The quantitative estimate of drug-likeness (QED) is 0.293. The van der Waals surface area contributed by atoms with Crippen molar-refractivity contribution in [3.8, 4) is 0 Å². The number of hydrogen-bond donors (Lipinski definition) is 8. The zero-order valence-electron chi connectivity index (χ0n) is 15.4. The molecule has 140 valence electrons. The summed E-state index contributed by atoms with van der Waals surface area (Å²) in [6.07, 6.45) is 0. The van der Waals surface area contributed by atoms with Crippen LogP contribution in [0.4, 0.5) is 0 Å². The summed E-state index contributed by atoms with van der Waals surface area (Å²) in [6, 6.07) is 0. The molecule has 0 fully saturated rings. The van der Waals surface area contributed by atoms with Gasteiger partial charge in [-0.05, 0) is 41.5 Å². The van der Waals surface area contributed by atoms with Gasteiger partial charge in [0.15, 0.2) is 0 Å². The topological polar surface area (TPSA) is 194 Å². The molecule has 21 heavy (non-hydrogen) atoms. The average molecular weight is 360 g/mol. The van der Waals surface area contributed by atoms with Crippen LogP contribution in [0, 0.1) is 0 Å². The first-order valence-electron chi connectivity index (χ1n) is 6.14. The SMILES string of the molecule is CCO.CCO.CCO.CCO.CCO.CCO.[NH4+].[NH4+].[Ti]. The van der Waals surface area contributed by atoms with Gasteiger partial charge in [-0.25, -0.2) is 0 Å². The predicted molar refractivity (Wildman–Crippen MR) is 88.5 cm³/mol. The number of rotatable bonds is 0. The largest absolute Gasteiger partial charge is 0.397 e. The van der Waals surface area contributed by atoms with Gasteiger partial charge < -0.3 is 42.9 Å². The van der Waals surface area contributed by atoms with E-state index in [0.717, 1.165) is 0 Å². The van der Waals surface area contributed by atoms with E-state index in [0.29, 0.717) is 0 Å². The van der Waals surface area contributed by atoms with E-state index in [4.69, 9.17) is 30.6 Å². The minimum atomic E-state index is 0. The molecular weight excluding hydrogens is 316 g/mol.